The Bertz CT molecular complexity index is 1080. The molecule has 1 fully saturated rings. The molecule has 0 aliphatic carbocycles. The number of carbonyl (C=O) groups is 1. The number of rotatable bonds is 5. The van der Waals surface area contributed by atoms with E-state index in [1.165, 1.54) is 30.2 Å². The Labute approximate surface area is 170 Å². The number of nitrogens with one attached hydrogen (secondary N) is 1. The van der Waals surface area contributed by atoms with Gasteiger partial charge in [-0.15, -0.1) is 0 Å². The van der Waals surface area contributed by atoms with Crippen molar-refractivity contribution in [1.82, 2.24) is 9.55 Å². The predicted octanol–water partition coefficient (Wildman–Crippen LogP) is 3.72. The van der Waals surface area contributed by atoms with Gasteiger partial charge in [-0.3, -0.25) is 14.2 Å². The largest absolute Gasteiger partial charge is 0.370 e. The monoisotopic (exact) mass is 390 g/mol. The van der Waals surface area contributed by atoms with Crippen molar-refractivity contribution in [2.75, 3.05) is 23.3 Å². The fourth-order valence-electron chi connectivity index (χ4n) is 3.92. The number of carbonyl (C=O) groups excluding carboxylic acids is 1. The average Bonchev–Trinajstić information content (AvgIpc) is 2.75. The van der Waals surface area contributed by atoms with Crippen LogP contribution in [0.3, 0.4) is 0 Å². The van der Waals surface area contributed by atoms with Crippen molar-refractivity contribution < 1.29 is 4.79 Å². The van der Waals surface area contributed by atoms with Gasteiger partial charge < -0.3 is 10.2 Å². The molecule has 0 atom stereocenters. The van der Waals surface area contributed by atoms with E-state index in [2.05, 4.69) is 21.3 Å². The Hall–Kier alpha value is -3.15. The molecule has 0 spiro atoms. The zero-order valence-corrected chi connectivity index (χ0v) is 16.7. The average molecular weight is 390 g/mol. The molecule has 0 saturated carbocycles. The number of fused-ring (bicyclic) bond motifs is 1. The van der Waals surface area contributed by atoms with Crippen molar-refractivity contribution >= 4 is 28.2 Å². The molecule has 3 aromatic rings. The van der Waals surface area contributed by atoms with E-state index in [1.54, 1.807) is 6.07 Å². The maximum absolute atomic E-state index is 12.7. The molecular weight excluding hydrogens is 364 g/mol. The second-order valence-corrected chi connectivity index (χ2v) is 7.58. The highest BCUT2D eigenvalue weighted by molar-refractivity contribution is 5.94. The first-order valence-electron chi connectivity index (χ1n) is 10.2. The summed E-state index contributed by atoms with van der Waals surface area (Å²) in [6, 6.07) is 13.5. The van der Waals surface area contributed by atoms with Crippen LogP contribution in [0, 0.1) is 6.92 Å². The molecule has 150 valence electrons. The Morgan fingerprint density at radius 2 is 1.86 bits per heavy atom. The summed E-state index contributed by atoms with van der Waals surface area (Å²) in [5.41, 5.74) is 3.48. The van der Waals surface area contributed by atoms with Crippen molar-refractivity contribution in [3.05, 3.63) is 64.7 Å². The predicted molar refractivity (Wildman–Crippen MR) is 116 cm³/mol. The molecular formula is C23H26N4O2. The smallest absolute Gasteiger partial charge is 0.261 e. The summed E-state index contributed by atoms with van der Waals surface area (Å²) in [6.07, 6.45) is 5.37. The minimum atomic E-state index is -0.111. The van der Waals surface area contributed by atoms with Crippen molar-refractivity contribution in [2.24, 2.45) is 0 Å². The summed E-state index contributed by atoms with van der Waals surface area (Å²) in [6.45, 7) is 4.27. The van der Waals surface area contributed by atoms with Crippen molar-refractivity contribution in [3.8, 4) is 0 Å². The molecule has 0 bridgehead atoms. The lowest BCUT2D eigenvalue weighted by Gasteiger charge is -2.30. The third-order valence-corrected chi connectivity index (χ3v) is 5.51. The van der Waals surface area contributed by atoms with Gasteiger partial charge in [0.2, 0.25) is 5.91 Å². The number of aryl methyl sites for hydroxylation is 2. The first-order chi connectivity index (χ1) is 14.1. The number of amides is 1. The number of nitrogens with zero attached hydrogens (tertiary/aromatic N) is 3. The number of piperidine rings is 1. The van der Waals surface area contributed by atoms with E-state index in [4.69, 9.17) is 0 Å². The third-order valence-electron chi connectivity index (χ3n) is 5.51. The van der Waals surface area contributed by atoms with Crippen LogP contribution in [0.15, 0.2) is 53.6 Å². The van der Waals surface area contributed by atoms with Crippen LogP contribution >= 0.6 is 0 Å². The Balaban J connectivity index is 1.46. The quantitative estimate of drug-likeness (QED) is 0.721. The van der Waals surface area contributed by atoms with Gasteiger partial charge in [-0.05, 0) is 49.9 Å². The van der Waals surface area contributed by atoms with Crippen LogP contribution < -0.4 is 15.8 Å². The molecule has 0 unspecified atom stereocenters. The molecule has 29 heavy (non-hydrogen) atoms. The summed E-state index contributed by atoms with van der Waals surface area (Å²) in [4.78, 5) is 32.0. The van der Waals surface area contributed by atoms with Gasteiger partial charge in [0.25, 0.3) is 5.56 Å². The topological polar surface area (TPSA) is 67.2 Å². The summed E-state index contributed by atoms with van der Waals surface area (Å²) in [5.74, 6) is -0.106. The Morgan fingerprint density at radius 1 is 1.07 bits per heavy atom. The highest BCUT2D eigenvalue weighted by Gasteiger charge is 2.15. The number of hydrogen-bond acceptors (Lipinski definition) is 4. The van der Waals surface area contributed by atoms with E-state index in [1.807, 2.05) is 37.3 Å². The molecule has 1 N–H and O–H groups in total. The second-order valence-electron chi connectivity index (χ2n) is 7.58. The van der Waals surface area contributed by atoms with Gasteiger partial charge in [-0.2, -0.15) is 0 Å². The summed E-state index contributed by atoms with van der Waals surface area (Å²) >= 11 is 0. The number of hydrogen-bond donors (Lipinski definition) is 1. The van der Waals surface area contributed by atoms with Crippen LogP contribution in [0.25, 0.3) is 10.9 Å². The lowest BCUT2D eigenvalue weighted by molar-refractivity contribution is -0.116. The molecule has 2 heterocycles. The van der Waals surface area contributed by atoms with Gasteiger partial charge in [0.05, 0.1) is 28.6 Å². The summed E-state index contributed by atoms with van der Waals surface area (Å²) in [5, 5.41) is 3.61. The molecule has 1 aromatic heterocycles. The van der Waals surface area contributed by atoms with Crippen LogP contribution in [0.4, 0.5) is 11.4 Å². The summed E-state index contributed by atoms with van der Waals surface area (Å²) < 4.78 is 1.51. The van der Waals surface area contributed by atoms with Crippen LogP contribution in [-0.4, -0.2) is 28.5 Å². The van der Waals surface area contributed by atoms with Crippen molar-refractivity contribution in [3.63, 3.8) is 0 Å². The van der Waals surface area contributed by atoms with Gasteiger partial charge in [-0.1, -0.05) is 24.3 Å². The highest BCUT2D eigenvalue weighted by atomic mass is 16.2. The van der Waals surface area contributed by atoms with E-state index in [-0.39, 0.29) is 17.9 Å². The van der Waals surface area contributed by atoms with Gasteiger partial charge in [0.1, 0.15) is 0 Å². The Kier molecular flexibility index (Phi) is 5.60. The van der Waals surface area contributed by atoms with Crippen molar-refractivity contribution in [2.45, 2.75) is 39.2 Å². The molecule has 1 amide bonds. The van der Waals surface area contributed by atoms with Gasteiger partial charge in [-0.25, -0.2) is 4.98 Å². The fraction of sp³-hybridized carbons (Fsp3) is 0.348. The van der Waals surface area contributed by atoms with Gasteiger partial charge in [0.15, 0.2) is 0 Å². The van der Waals surface area contributed by atoms with E-state index in [0.717, 1.165) is 30.0 Å². The van der Waals surface area contributed by atoms with Crippen LogP contribution in [-0.2, 0) is 11.3 Å². The standard InChI is InChI=1S/C23H26N4O2/c1-17-8-7-9-18-22(17)24-16-27(23(18)29)15-12-21(28)25-19-10-3-4-11-20(19)26-13-5-2-6-14-26/h3-4,7-11,16H,2,5-6,12-15H2,1H3,(H,25,28). The van der Waals surface area contributed by atoms with Gasteiger partial charge >= 0.3 is 0 Å². The molecule has 4 rings (SSSR count). The first kappa shape index (κ1) is 19.2. The van der Waals surface area contributed by atoms with E-state index in [0.29, 0.717) is 17.4 Å². The lowest BCUT2D eigenvalue weighted by Crippen LogP contribution is -2.30. The van der Waals surface area contributed by atoms with Crippen LogP contribution in [0.5, 0.6) is 0 Å². The molecule has 2 aromatic carbocycles. The molecule has 0 radical (unpaired) electrons. The highest BCUT2D eigenvalue weighted by Crippen LogP contribution is 2.28. The van der Waals surface area contributed by atoms with E-state index < -0.39 is 0 Å². The number of benzene rings is 2. The number of anilines is 2. The zero-order chi connectivity index (χ0) is 20.2. The molecule has 1 aliphatic heterocycles. The fourth-order valence-corrected chi connectivity index (χ4v) is 3.92. The third kappa shape index (κ3) is 4.16. The molecule has 6 heteroatoms. The van der Waals surface area contributed by atoms with Crippen molar-refractivity contribution in [1.29, 1.82) is 0 Å². The summed E-state index contributed by atoms with van der Waals surface area (Å²) in [7, 11) is 0. The minimum absolute atomic E-state index is 0.106. The maximum Gasteiger partial charge on any atom is 0.261 e. The number of para-hydroxylation sites is 3. The first-order valence-corrected chi connectivity index (χ1v) is 10.2. The molecule has 1 saturated heterocycles. The minimum Gasteiger partial charge on any atom is -0.370 e. The normalized spacial score (nSPS) is 14.2. The maximum atomic E-state index is 12.7. The zero-order valence-electron chi connectivity index (χ0n) is 16.7. The second kappa shape index (κ2) is 8.47. The van der Waals surface area contributed by atoms with E-state index in [9.17, 15) is 9.59 Å². The Morgan fingerprint density at radius 3 is 2.69 bits per heavy atom. The van der Waals surface area contributed by atoms with E-state index >= 15 is 0 Å². The van der Waals surface area contributed by atoms with Crippen LogP contribution in [0.2, 0.25) is 0 Å². The molecule has 6 nitrogen and oxygen atoms in total. The SMILES string of the molecule is Cc1cccc2c(=O)n(CCC(=O)Nc3ccccc3N3CCCCC3)cnc12. The van der Waals surface area contributed by atoms with Gasteiger partial charge in [0, 0.05) is 26.1 Å². The van der Waals surface area contributed by atoms with Crippen LogP contribution in [0.1, 0.15) is 31.2 Å². The lowest BCUT2D eigenvalue weighted by atomic mass is 10.1. The number of aromatic nitrogens is 2. The molecule has 1 aliphatic rings.